The lowest BCUT2D eigenvalue weighted by molar-refractivity contribution is -0.134. The van der Waals surface area contributed by atoms with Crippen LogP contribution in [-0.2, 0) is 16.0 Å². The minimum atomic E-state index is 0.101. The number of hydrogen-bond donors (Lipinski definition) is 1. The summed E-state index contributed by atoms with van der Waals surface area (Å²) < 4.78 is 5.25. The largest absolute Gasteiger partial charge is 0.378 e. The van der Waals surface area contributed by atoms with Crippen LogP contribution >= 0.6 is 11.6 Å². The van der Waals surface area contributed by atoms with Crippen molar-refractivity contribution in [2.45, 2.75) is 6.42 Å². The summed E-state index contributed by atoms with van der Waals surface area (Å²) in [4.78, 5) is 21.5. The zero-order chi connectivity index (χ0) is 14.7. The predicted molar refractivity (Wildman–Crippen MR) is 80.1 cm³/mol. The van der Waals surface area contributed by atoms with Crippen molar-refractivity contribution in [3.63, 3.8) is 0 Å². The molecule has 0 unspecified atom stereocenters. The highest BCUT2D eigenvalue weighted by Gasteiger charge is 2.18. The molecule has 1 aliphatic rings. The molecule has 0 bridgehead atoms. The van der Waals surface area contributed by atoms with Crippen LogP contribution in [0.3, 0.4) is 0 Å². The second-order valence-corrected chi connectivity index (χ2v) is 5.37. The molecule has 21 heavy (non-hydrogen) atoms. The summed E-state index contributed by atoms with van der Waals surface area (Å²) >= 11 is 5.87. The number of benzene rings is 1. The van der Waals surface area contributed by atoms with E-state index in [-0.39, 0.29) is 5.91 Å². The van der Waals surface area contributed by atoms with E-state index in [0.717, 1.165) is 17.1 Å². The highest BCUT2D eigenvalue weighted by atomic mass is 35.5. The van der Waals surface area contributed by atoms with Crippen LogP contribution in [0.15, 0.2) is 30.5 Å². The van der Waals surface area contributed by atoms with Gasteiger partial charge in [-0.05, 0) is 24.3 Å². The molecule has 1 aromatic carbocycles. The maximum atomic E-state index is 12.2. The van der Waals surface area contributed by atoms with Crippen molar-refractivity contribution in [1.82, 2.24) is 14.9 Å². The Balaban J connectivity index is 1.67. The van der Waals surface area contributed by atoms with E-state index in [9.17, 15) is 4.79 Å². The van der Waals surface area contributed by atoms with Gasteiger partial charge in [-0.2, -0.15) is 0 Å². The van der Waals surface area contributed by atoms with Gasteiger partial charge in [0.15, 0.2) is 0 Å². The second-order valence-electron chi connectivity index (χ2n) is 4.93. The molecule has 0 spiro atoms. The number of nitrogens with one attached hydrogen (secondary N) is 1. The Morgan fingerprint density at radius 2 is 2.00 bits per heavy atom. The number of aromatic nitrogens is 2. The first-order valence-electron chi connectivity index (χ1n) is 6.88. The molecular formula is C15H16ClN3O2. The number of carbonyl (C=O) groups is 1. The predicted octanol–water partition coefficient (Wildman–Crippen LogP) is 2.13. The third-order valence-corrected chi connectivity index (χ3v) is 3.70. The van der Waals surface area contributed by atoms with E-state index >= 15 is 0 Å². The summed E-state index contributed by atoms with van der Waals surface area (Å²) in [7, 11) is 0. The third kappa shape index (κ3) is 3.43. The maximum Gasteiger partial charge on any atom is 0.228 e. The molecule has 2 heterocycles. The summed E-state index contributed by atoms with van der Waals surface area (Å²) in [5.74, 6) is 0.848. The van der Waals surface area contributed by atoms with E-state index in [1.807, 2.05) is 29.2 Å². The van der Waals surface area contributed by atoms with Crippen LogP contribution in [0.25, 0.3) is 11.4 Å². The number of carbonyl (C=O) groups excluding carboxylic acids is 1. The van der Waals surface area contributed by atoms with Gasteiger partial charge < -0.3 is 14.6 Å². The fourth-order valence-corrected chi connectivity index (χ4v) is 2.42. The lowest BCUT2D eigenvalue weighted by Crippen LogP contribution is -2.41. The smallest absolute Gasteiger partial charge is 0.228 e. The Hall–Kier alpha value is -1.85. The van der Waals surface area contributed by atoms with Gasteiger partial charge in [-0.25, -0.2) is 4.98 Å². The van der Waals surface area contributed by atoms with Crippen molar-refractivity contribution >= 4 is 17.5 Å². The van der Waals surface area contributed by atoms with Crippen molar-refractivity contribution in [3.05, 3.63) is 41.2 Å². The number of amides is 1. The standard InChI is InChI=1S/C15H16ClN3O2/c16-12-3-1-11(2-4-12)15-17-10-13(18-15)9-14(20)19-5-7-21-8-6-19/h1-4,10H,5-9H2,(H,17,18). The molecule has 1 saturated heterocycles. The number of imidazole rings is 1. The van der Waals surface area contributed by atoms with Gasteiger partial charge in [0, 0.05) is 35.6 Å². The van der Waals surface area contributed by atoms with Gasteiger partial charge in [0.1, 0.15) is 5.82 Å². The number of halogens is 1. The van der Waals surface area contributed by atoms with Gasteiger partial charge >= 0.3 is 0 Å². The highest BCUT2D eigenvalue weighted by molar-refractivity contribution is 6.30. The first-order valence-corrected chi connectivity index (χ1v) is 7.25. The van der Waals surface area contributed by atoms with Crippen LogP contribution < -0.4 is 0 Å². The molecule has 0 atom stereocenters. The SMILES string of the molecule is O=C(Cc1cnc(-c2ccc(Cl)cc2)[nH]1)N1CCOCC1. The van der Waals surface area contributed by atoms with E-state index in [0.29, 0.717) is 37.7 Å². The van der Waals surface area contributed by atoms with Gasteiger partial charge in [-0.3, -0.25) is 4.79 Å². The van der Waals surface area contributed by atoms with Crippen molar-refractivity contribution in [3.8, 4) is 11.4 Å². The van der Waals surface area contributed by atoms with Crippen LogP contribution in [0.5, 0.6) is 0 Å². The summed E-state index contributed by atoms with van der Waals surface area (Å²) in [6.07, 6.45) is 2.04. The van der Waals surface area contributed by atoms with E-state index < -0.39 is 0 Å². The number of hydrogen-bond acceptors (Lipinski definition) is 3. The lowest BCUT2D eigenvalue weighted by Gasteiger charge is -2.26. The summed E-state index contributed by atoms with van der Waals surface area (Å²) in [5.41, 5.74) is 1.76. The van der Waals surface area contributed by atoms with Crippen LogP contribution in [0.4, 0.5) is 0 Å². The van der Waals surface area contributed by atoms with Crippen LogP contribution in [-0.4, -0.2) is 47.1 Å². The molecule has 1 aromatic heterocycles. The monoisotopic (exact) mass is 305 g/mol. The average Bonchev–Trinajstić information content (AvgIpc) is 2.97. The third-order valence-electron chi connectivity index (χ3n) is 3.45. The Labute approximate surface area is 127 Å². The molecule has 0 saturated carbocycles. The molecule has 6 heteroatoms. The van der Waals surface area contributed by atoms with E-state index in [1.165, 1.54) is 0 Å². The number of nitrogens with zero attached hydrogens (tertiary/aromatic N) is 2. The van der Waals surface area contributed by atoms with Crippen molar-refractivity contribution in [1.29, 1.82) is 0 Å². The Bertz CT molecular complexity index is 618. The van der Waals surface area contributed by atoms with Crippen molar-refractivity contribution in [2.24, 2.45) is 0 Å². The van der Waals surface area contributed by atoms with Gasteiger partial charge in [0.05, 0.1) is 19.6 Å². The van der Waals surface area contributed by atoms with Gasteiger partial charge in [0.2, 0.25) is 5.91 Å². The lowest BCUT2D eigenvalue weighted by atomic mass is 10.2. The normalized spacial score (nSPS) is 15.2. The summed E-state index contributed by atoms with van der Waals surface area (Å²) in [5, 5.41) is 0.688. The molecule has 0 aliphatic carbocycles. The maximum absolute atomic E-state index is 12.2. The molecule has 1 fully saturated rings. The summed E-state index contributed by atoms with van der Waals surface area (Å²) in [6, 6.07) is 7.43. The number of ether oxygens (including phenoxy) is 1. The van der Waals surface area contributed by atoms with E-state index in [4.69, 9.17) is 16.3 Å². The van der Waals surface area contributed by atoms with E-state index in [1.54, 1.807) is 6.20 Å². The highest BCUT2D eigenvalue weighted by Crippen LogP contribution is 2.19. The second kappa shape index (κ2) is 6.28. The van der Waals surface area contributed by atoms with Crippen molar-refractivity contribution in [2.75, 3.05) is 26.3 Å². The molecule has 1 N–H and O–H groups in total. The Kier molecular flexibility index (Phi) is 4.22. The molecule has 2 aromatic rings. The van der Waals surface area contributed by atoms with Crippen molar-refractivity contribution < 1.29 is 9.53 Å². The molecule has 3 rings (SSSR count). The molecular weight excluding hydrogens is 290 g/mol. The average molecular weight is 306 g/mol. The first kappa shape index (κ1) is 14.1. The fraction of sp³-hybridized carbons (Fsp3) is 0.333. The number of rotatable bonds is 3. The minimum absolute atomic E-state index is 0.101. The first-order chi connectivity index (χ1) is 10.2. The molecule has 1 amide bonds. The zero-order valence-corrected chi connectivity index (χ0v) is 12.3. The minimum Gasteiger partial charge on any atom is -0.378 e. The van der Waals surface area contributed by atoms with Crippen LogP contribution in [0.1, 0.15) is 5.69 Å². The van der Waals surface area contributed by atoms with Crippen LogP contribution in [0.2, 0.25) is 5.02 Å². The zero-order valence-electron chi connectivity index (χ0n) is 11.5. The number of morpholine rings is 1. The Morgan fingerprint density at radius 1 is 1.29 bits per heavy atom. The number of H-pyrrole nitrogens is 1. The summed E-state index contributed by atoms with van der Waals surface area (Å²) in [6.45, 7) is 2.56. The quantitative estimate of drug-likeness (QED) is 0.945. The Morgan fingerprint density at radius 3 is 2.71 bits per heavy atom. The number of aromatic amines is 1. The van der Waals surface area contributed by atoms with Gasteiger partial charge in [0.25, 0.3) is 0 Å². The van der Waals surface area contributed by atoms with Gasteiger partial charge in [-0.15, -0.1) is 0 Å². The molecule has 0 radical (unpaired) electrons. The van der Waals surface area contributed by atoms with E-state index in [2.05, 4.69) is 9.97 Å². The fourth-order valence-electron chi connectivity index (χ4n) is 2.29. The van der Waals surface area contributed by atoms with Gasteiger partial charge in [-0.1, -0.05) is 11.6 Å². The topological polar surface area (TPSA) is 58.2 Å². The molecule has 1 aliphatic heterocycles. The molecule has 5 nitrogen and oxygen atoms in total. The molecule has 110 valence electrons. The van der Waals surface area contributed by atoms with Crippen LogP contribution in [0, 0.1) is 0 Å².